The number of sulfone groups is 1. The molecule has 27 heavy (non-hydrogen) atoms. The molecule has 0 fully saturated rings. The molecule has 0 saturated carbocycles. The van der Waals surface area contributed by atoms with Crippen LogP contribution in [0.3, 0.4) is 0 Å². The van der Waals surface area contributed by atoms with Crippen molar-refractivity contribution < 1.29 is 22.4 Å². The van der Waals surface area contributed by atoms with Crippen LogP contribution in [0.2, 0.25) is 0 Å². The van der Waals surface area contributed by atoms with Gasteiger partial charge in [0.1, 0.15) is 0 Å². The number of hydrogen-bond acceptors (Lipinski definition) is 4. The molecule has 0 N–H and O–H groups in total. The summed E-state index contributed by atoms with van der Waals surface area (Å²) in [6, 6.07) is 0. The zero-order chi connectivity index (χ0) is 21.5. The van der Waals surface area contributed by atoms with Crippen molar-refractivity contribution in [2.24, 2.45) is 10.8 Å². The molecular formula is C21H33FO4S. The van der Waals surface area contributed by atoms with E-state index in [1.54, 1.807) is 60.6 Å². The van der Waals surface area contributed by atoms with E-state index in [0.29, 0.717) is 19.3 Å². The molecule has 0 aromatic heterocycles. The quantitative estimate of drug-likeness (QED) is 0.478. The number of halogens is 1. The van der Waals surface area contributed by atoms with Crippen LogP contribution in [0.1, 0.15) is 67.7 Å². The van der Waals surface area contributed by atoms with Gasteiger partial charge in [-0.05, 0) is 46.1 Å². The van der Waals surface area contributed by atoms with Gasteiger partial charge in [-0.3, -0.25) is 9.59 Å². The van der Waals surface area contributed by atoms with Crippen molar-refractivity contribution in [3.63, 3.8) is 0 Å². The Balaban J connectivity index is 4.81. The first-order valence-electron chi connectivity index (χ1n) is 9.00. The third kappa shape index (κ3) is 8.33. The molecular weight excluding hydrogens is 367 g/mol. The van der Waals surface area contributed by atoms with E-state index in [0.717, 1.165) is 6.08 Å². The van der Waals surface area contributed by atoms with Crippen LogP contribution < -0.4 is 0 Å². The molecule has 0 aromatic rings. The first-order valence-corrected chi connectivity index (χ1v) is 10.5. The lowest BCUT2D eigenvalue weighted by molar-refractivity contribution is -0.123. The standard InChI is InChI=1S/C21H33FO4S/c1-19(2,3)27(25,26)16-9-8-13-20(4,5)17(23)11-10-14-21(6,7)18(24)12-15-22/h9-12,15-16H,8,13-14H2,1-7H3/b11-10+,15-12+,16-9+. The number of carbonyl (C=O) groups is 2. The van der Waals surface area contributed by atoms with Crippen LogP contribution in [0, 0.1) is 10.8 Å². The third-order valence-corrected chi connectivity index (χ3v) is 6.77. The predicted molar refractivity (Wildman–Crippen MR) is 109 cm³/mol. The highest BCUT2D eigenvalue weighted by Gasteiger charge is 2.28. The molecule has 0 radical (unpaired) electrons. The SMILES string of the molecule is CC(C)(C/C=C/C(=O)C(C)(C)CC/C=C/S(=O)(=O)C(C)(C)C)C(=O)/C=C/F. The van der Waals surface area contributed by atoms with Crippen LogP contribution >= 0.6 is 0 Å². The van der Waals surface area contributed by atoms with Crippen molar-refractivity contribution in [2.75, 3.05) is 0 Å². The van der Waals surface area contributed by atoms with Crippen LogP contribution in [-0.2, 0) is 19.4 Å². The molecule has 0 spiro atoms. The highest BCUT2D eigenvalue weighted by molar-refractivity contribution is 7.95. The van der Waals surface area contributed by atoms with Crippen LogP contribution in [0.15, 0.2) is 36.0 Å². The average Bonchev–Trinajstić information content (AvgIpc) is 2.50. The topological polar surface area (TPSA) is 68.3 Å². The Kier molecular flexibility index (Phi) is 9.03. The van der Waals surface area contributed by atoms with Gasteiger partial charge in [0.2, 0.25) is 0 Å². The second-order valence-electron chi connectivity index (χ2n) is 8.96. The van der Waals surface area contributed by atoms with Crippen LogP contribution in [0.25, 0.3) is 0 Å². The summed E-state index contributed by atoms with van der Waals surface area (Å²) >= 11 is 0. The Hall–Kier alpha value is -1.56. The maximum absolute atomic E-state index is 12.4. The van der Waals surface area contributed by atoms with Crippen molar-refractivity contribution in [3.8, 4) is 0 Å². The van der Waals surface area contributed by atoms with Gasteiger partial charge in [-0.15, -0.1) is 0 Å². The number of hydrogen-bond donors (Lipinski definition) is 0. The molecule has 0 aromatic carbocycles. The predicted octanol–water partition coefficient (Wildman–Crippen LogP) is 5.11. The van der Waals surface area contributed by atoms with Gasteiger partial charge >= 0.3 is 0 Å². The van der Waals surface area contributed by atoms with Crippen molar-refractivity contribution in [1.29, 1.82) is 0 Å². The third-order valence-electron chi connectivity index (χ3n) is 4.51. The summed E-state index contributed by atoms with van der Waals surface area (Å²) in [7, 11) is -3.32. The van der Waals surface area contributed by atoms with E-state index in [1.807, 2.05) is 0 Å². The van der Waals surface area contributed by atoms with Gasteiger partial charge in [-0.2, -0.15) is 0 Å². The fraction of sp³-hybridized carbons (Fsp3) is 0.619. The largest absolute Gasteiger partial charge is 0.294 e. The van der Waals surface area contributed by atoms with Gasteiger partial charge in [-0.25, -0.2) is 12.8 Å². The fourth-order valence-corrected chi connectivity index (χ4v) is 2.83. The molecule has 4 nitrogen and oxygen atoms in total. The van der Waals surface area contributed by atoms with Gasteiger partial charge in [0, 0.05) is 22.3 Å². The van der Waals surface area contributed by atoms with E-state index < -0.39 is 25.4 Å². The molecule has 0 aliphatic rings. The van der Waals surface area contributed by atoms with Gasteiger partial charge in [0.05, 0.1) is 11.1 Å². The second-order valence-corrected chi connectivity index (χ2v) is 11.6. The Morgan fingerprint density at radius 2 is 1.37 bits per heavy atom. The molecule has 0 aliphatic carbocycles. The number of allylic oxidation sites excluding steroid dienone is 4. The summed E-state index contributed by atoms with van der Waals surface area (Å²) in [6.45, 7) is 11.9. The summed E-state index contributed by atoms with van der Waals surface area (Å²) in [4.78, 5) is 24.2. The summed E-state index contributed by atoms with van der Waals surface area (Å²) in [6.07, 6.45) is 7.06. The Bertz CT molecular complexity index is 718. The average molecular weight is 401 g/mol. The van der Waals surface area contributed by atoms with Crippen molar-refractivity contribution in [1.82, 2.24) is 0 Å². The van der Waals surface area contributed by atoms with E-state index in [9.17, 15) is 22.4 Å². The van der Waals surface area contributed by atoms with Crippen LogP contribution in [0.5, 0.6) is 0 Å². The van der Waals surface area contributed by atoms with E-state index in [-0.39, 0.29) is 17.9 Å². The van der Waals surface area contributed by atoms with Crippen molar-refractivity contribution in [3.05, 3.63) is 36.0 Å². The molecule has 0 saturated heterocycles. The van der Waals surface area contributed by atoms with E-state index in [2.05, 4.69) is 0 Å². The van der Waals surface area contributed by atoms with Crippen molar-refractivity contribution in [2.45, 2.75) is 72.5 Å². The highest BCUT2D eigenvalue weighted by atomic mass is 32.2. The first kappa shape index (κ1) is 25.4. The highest BCUT2D eigenvalue weighted by Crippen LogP contribution is 2.27. The molecule has 0 atom stereocenters. The number of ketones is 2. The first-order chi connectivity index (χ1) is 12.1. The molecule has 6 heteroatoms. The van der Waals surface area contributed by atoms with Gasteiger partial charge in [0.15, 0.2) is 21.4 Å². The molecule has 0 aliphatic heterocycles. The maximum atomic E-state index is 12.4. The van der Waals surface area contributed by atoms with Gasteiger partial charge in [-0.1, -0.05) is 39.8 Å². The van der Waals surface area contributed by atoms with E-state index >= 15 is 0 Å². The second kappa shape index (κ2) is 9.58. The molecule has 0 amide bonds. The zero-order valence-electron chi connectivity index (χ0n) is 17.5. The lowest BCUT2D eigenvalue weighted by Crippen LogP contribution is -2.25. The smallest absolute Gasteiger partial charge is 0.176 e. The van der Waals surface area contributed by atoms with Crippen LogP contribution in [0.4, 0.5) is 4.39 Å². The lowest BCUT2D eigenvalue weighted by atomic mass is 9.81. The lowest BCUT2D eigenvalue weighted by Gasteiger charge is -2.22. The maximum Gasteiger partial charge on any atom is 0.176 e. The molecule has 0 rings (SSSR count). The zero-order valence-corrected chi connectivity index (χ0v) is 18.3. The molecule has 0 heterocycles. The van der Waals surface area contributed by atoms with Crippen molar-refractivity contribution >= 4 is 21.4 Å². The Morgan fingerprint density at radius 3 is 1.85 bits per heavy atom. The van der Waals surface area contributed by atoms with E-state index in [1.165, 1.54) is 11.5 Å². The number of rotatable bonds is 10. The van der Waals surface area contributed by atoms with Gasteiger partial charge < -0.3 is 0 Å². The fourth-order valence-electron chi connectivity index (χ4n) is 2.04. The normalized spacial score (nSPS) is 14.5. The van der Waals surface area contributed by atoms with Crippen LogP contribution in [-0.4, -0.2) is 24.7 Å². The summed E-state index contributed by atoms with van der Waals surface area (Å²) in [5, 5.41) is 1.22. The van der Waals surface area contributed by atoms with Gasteiger partial charge in [0.25, 0.3) is 0 Å². The molecule has 0 bridgehead atoms. The minimum Gasteiger partial charge on any atom is -0.294 e. The minimum absolute atomic E-state index is 0.0983. The van der Waals surface area contributed by atoms with E-state index in [4.69, 9.17) is 0 Å². The monoisotopic (exact) mass is 400 g/mol. The Morgan fingerprint density at radius 1 is 0.852 bits per heavy atom. The summed E-state index contributed by atoms with van der Waals surface area (Å²) < 4.78 is 35.4. The Labute approximate surface area is 163 Å². The molecule has 154 valence electrons. The summed E-state index contributed by atoms with van der Waals surface area (Å²) in [5.41, 5.74) is -1.44. The number of carbonyl (C=O) groups excluding carboxylic acids is 2. The summed E-state index contributed by atoms with van der Waals surface area (Å²) in [5.74, 6) is -0.439. The molecule has 0 unspecified atom stereocenters. The minimum atomic E-state index is -3.32.